The lowest BCUT2D eigenvalue weighted by Crippen LogP contribution is -1.91. The number of aliphatic carboxylic acids is 1. The first-order valence-corrected chi connectivity index (χ1v) is 4.08. The molecule has 68 valence electrons. The maximum Gasteiger partial charge on any atom is 0.303 e. The van der Waals surface area contributed by atoms with Crippen molar-refractivity contribution in [2.45, 2.75) is 12.8 Å². The van der Waals surface area contributed by atoms with E-state index in [1.807, 2.05) is 30.4 Å². The van der Waals surface area contributed by atoms with Crippen LogP contribution >= 0.6 is 0 Å². The van der Waals surface area contributed by atoms with E-state index in [-0.39, 0.29) is 6.42 Å². The van der Waals surface area contributed by atoms with Crippen molar-refractivity contribution in [3.05, 3.63) is 36.2 Å². The zero-order valence-electron chi connectivity index (χ0n) is 7.18. The van der Waals surface area contributed by atoms with Crippen LogP contribution in [0.5, 0.6) is 0 Å². The lowest BCUT2D eigenvalue weighted by molar-refractivity contribution is -0.136. The highest BCUT2D eigenvalue weighted by Crippen LogP contribution is 1.99. The van der Waals surface area contributed by atoms with E-state index >= 15 is 0 Å². The molecule has 0 saturated carbocycles. The maximum absolute atomic E-state index is 10.2. The van der Waals surface area contributed by atoms with Crippen LogP contribution in [-0.4, -0.2) is 16.1 Å². The second-order valence-electron chi connectivity index (χ2n) is 2.59. The summed E-state index contributed by atoms with van der Waals surface area (Å²) in [7, 11) is 0. The van der Waals surface area contributed by atoms with Crippen LogP contribution in [0, 0.1) is 0 Å². The Balaban J connectivity index is 2.37. The highest BCUT2D eigenvalue weighted by molar-refractivity contribution is 5.67. The molecule has 1 aromatic rings. The number of pyridine rings is 1. The molecule has 0 saturated heterocycles. The zero-order chi connectivity index (χ0) is 9.52. The first-order valence-electron chi connectivity index (χ1n) is 4.08. The Morgan fingerprint density at radius 1 is 1.54 bits per heavy atom. The molecular formula is C10H11NO2. The summed E-state index contributed by atoms with van der Waals surface area (Å²) >= 11 is 0. The average molecular weight is 177 g/mol. The van der Waals surface area contributed by atoms with E-state index in [9.17, 15) is 4.79 Å². The quantitative estimate of drug-likeness (QED) is 0.764. The summed E-state index contributed by atoms with van der Waals surface area (Å²) in [5, 5.41) is 8.36. The Kier molecular flexibility index (Phi) is 3.70. The van der Waals surface area contributed by atoms with Crippen molar-refractivity contribution in [2.24, 2.45) is 0 Å². The Morgan fingerprint density at radius 2 is 2.38 bits per heavy atom. The molecule has 0 radical (unpaired) electrons. The summed E-state index contributed by atoms with van der Waals surface area (Å²) < 4.78 is 0. The predicted molar refractivity (Wildman–Crippen MR) is 50.1 cm³/mol. The van der Waals surface area contributed by atoms with Gasteiger partial charge in [0.05, 0.1) is 5.69 Å². The number of allylic oxidation sites excluding steroid dienone is 1. The van der Waals surface area contributed by atoms with Gasteiger partial charge in [0.25, 0.3) is 0 Å². The number of hydrogen-bond acceptors (Lipinski definition) is 2. The normalized spacial score (nSPS) is 10.5. The number of rotatable bonds is 4. The second kappa shape index (κ2) is 5.09. The van der Waals surface area contributed by atoms with Crippen LogP contribution in [0.4, 0.5) is 0 Å². The summed E-state index contributed by atoms with van der Waals surface area (Å²) in [6, 6.07) is 5.61. The number of nitrogens with zero attached hydrogens (tertiary/aromatic N) is 1. The van der Waals surface area contributed by atoms with Crippen molar-refractivity contribution in [2.75, 3.05) is 0 Å². The molecule has 0 spiro atoms. The molecule has 3 nitrogen and oxygen atoms in total. The van der Waals surface area contributed by atoms with Crippen LogP contribution in [0.15, 0.2) is 30.5 Å². The summed E-state index contributed by atoms with van der Waals surface area (Å²) in [5.74, 6) is -0.773. The molecule has 3 heteroatoms. The van der Waals surface area contributed by atoms with Crippen LogP contribution in [0.2, 0.25) is 0 Å². The van der Waals surface area contributed by atoms with E-state index in [0.29, 0.717) is 6.42 Å². The van der Waals surface area contributed by atoms with Gasteiger partial charge in [-0.25, -0.2) is 0 Å². The van der Waals surface area contributed by atoms with E-state index in [1.54, 1.807) is 6.20 Å². The molecule has 0 fully saturated rings. The van der Waals surface area contributed by atoms with Gasteiger partial charge in [-0.2, -0.15) is 0 Å². The zero-order valence-corrected chi connectivity index (χ0v) is 7.18. The van der Waals surface area contributed by atoms with Gasteiger partial charge in [-0.1, -0.05) is 12.1 Å². The summed E-state index contributed by atoms with van der Waals surface area (Å²) in [5.41, 5.74) is 0.855. The topological polar surface area (TPSA) is 50.2 Å². The number of carbonyl (C=O) groups is 1. The fourth-order valence-electron chi connectivity index (χ4n) is 0.885. The molecule has 0 bridgehead atoms. The molecule has 0 atom stereocenters. The summed E-state index contributed by atoms with van der Waals surface area (Å²) in [6.07, 6.45) is 6.06. The molecule has 0 aliphatic carbocycles. The first kappa shape index (κ1) is 9.45. The van der Waals surface area contributed by atoms with Gasteiger partial charge >= 0.3 is 5.97 Å². The number of aromatic nitrogens is 1. The standard InChI is InChI=1S/C10H11NO2/c12-10(13)7-2-1-5-9-6-3-4-8-11-9/h1,3-6,8H,2,7H2,(H,12,13). The molecule has 0 aromatic carbocycles. The largest absolute Gasteiger partial charge is 0.481 e. The van der Waals surface area contributed by atoms with Crippen LogP contribution < -0.4 is 0 Å². The van der Waals surface area contributed by atoms with Crippen molar-refractivity contribution in [3.63, 3.8) is 0 Å². The average Bonchev–Trinajstić information content (AvgIpc) is 2.14. The summed E-state index contributed by atoms with van der Waals surface area (Å²) in [4.78, 5) is 14.2. The molecule has 13 heavy (non-hydrogen) atoms. The van der Waals surface area contributed by atoms with Gasteiger partial charge in [-0.15, -0.1) is 0 Å². The second-order valence-corrected chi connectivity index (χ2v) is 2.59. The third-order valence-corrected chi connectivity index (χ3v) is 1.50. The molecule has 0 aliphatic rings. The van der Waals surface area contributed by atoms with Gasteiger partial charge in [-0.05, 0) is 24.6 Å². The highest BCUT2D eigenvalue weighted by atomic mass is 16.4. The first-order chi connectivity index (χ1) is 6.29. The van der Waals surface area contributed by atoms with Crippen molar-refractivity contribution in [1.29, 1.82) is 0 Å². The third kappa shape index (κ3) is 4.06. The lowest BCUT2D eigenvalue weighted by atomic mass is 10.2. The minimum absolute atomic E-state index is 0.170. The van der Waals surface area contributed by atoms with Gasteiger partial charge in [0.2, 0.25) is 0 Å². The molecule has 0 unspecified atom stereocenters. The Labute approximate surface area is 76.7 Å². The minimum Gasteiger partial charge on any atom is -0.481 e. The van der Waals surface area contributed by atoms with Gasteiger partial charge in [0.15, 0.2) is 0 Å². The maximum atomic E-state index is 10.2. The fraction of sp³-hybridized carbons (Fsp3) is 0.200. The minimum atomic E-state index is -0.773. The van der Waals surface area contributed by atoms with Gasteiger partial charge < -0.3 is 5.11 Å². The van der Waals surface area contributed by atoms with Crippen LogP contribution in [0.25, 0.3) is 6.08 Å². The molecule has 0 aliphatic heterocycles. The van der Waals surface area contributed by atoms with E-state index in [2.05, 4.69) is 4.98 Å². The van der Waals surface area contributed by atoms with E-state index in [1.165, 1.54) is 0 Å². The monoisotopic (exact) mass is 177 g/mol. The molecule has 1 aromatic heterocycles. The molecular weight excluding hydrogens is 166 g/mol. The summed E-state index contributed by atoms with van der Waals surface area (Å²) in [6.45, 7) is 0. The van der Waals surface area contributed by atoms with E-state index < -0.39 is 5.97 Å². The molecule has 1 N–H and O–H groups in total. The van der Waals surface area contributed by atoms with E-state index in [0.717, 1.165) is 5.69 Å². The van der Waals surface area contributed by atoms with Crippen LogP contribution in [-0.2, 0) is 4.79 Å². The van der Waals surface area contributed by atoms with Crippen molar-refractivity contribution in [1.82, 2.24) is 4.98 Å². The van der Waals surface area contributed by atoms with Crippen LogP contribution in [0.1, 0.15) is 18.5 Å². The van der Waals surface area contributed by atoms with Gasteiger partial charge in [-0.3, -0.25) is 9.78 Å². The van der Waals surface area contributed by atoms with E-state index in [4.69, 9.17) is 5.11 Å². The van der Waals surface area contributed by atoms with Crippen molar-refractivity contribution >= 4 is 12.0 Å². The van der Waals surface area contributed by atoms with Crippen molar-refractivity contribution in [3.8, 4) is 0 Å². The predicted octanol–water partition coefficient (Wildman–Crippen LogP) is 1.96. The lowest BCUT2D eigenvalue weighted by Gasteiger charge is -1.90. The number of carboxylic acid groups (broad SMARTS) is 1. The van der Waals surface area contributed by atoms with Gasteiger partial charge in [0, 0.05) is 12.6 Å². The number of hydrogen-bond donors (Lipinski definition) is 1. The molecule has 0 amide bonds. The molecule has 1 rings (SSSR count). The highest BCUT2D eigenvalue weighted by Gasteiger charge is 1.91. The van der Waals surface area contributed by atoms with Crippen LogP contribution in [0.3, 0.4) is 0 Å². The van der Waals surface area contributed by atoms with Gasteiger partial charge in [0.1, 0.15) is 0 Å². The smallest absolute Gasteiger partial charge is 0.303 e. The number of carboxylic acids is 1. The Bertz CT molecular complexity index is 293. The Morgan fingerprint density at radius 3 is 3.00 bits per heavy atom. The fourth-order valence-corrected chi connectivity index (χ4v) is 0.885. The Hall–Kier alpha value is -1.64. The van der Waals surface area contributed by atoms with Crippen molar-refractivity contribution < 1.29 is 9.90 Å². The third-order valence-electron chi connectivity index (χ3n) is 1.50. The molecule has 1 heterocycles. The SMILES string of the molecule is O=C(O)CCC=Cc1ccccn1.